The van der Waals surface area contributed by atoms with Crippen LogP contribution in [0.4, 0.5) is 10.1 Å². The number of aromatic nitrogens is 1. The number of pyridine rings is 1. The zero-order chi connectivity index (χ0) is 19.7. The van der Waals surface area contributed by atoms with Gasteiger partial charge in [-0.15, -0.1) is 0 Å². The standard InChI is InChI=1S/C18H20FN3O5/c1-18(2)7-21(6-12(18)23)14-11(19)4-9-13-16(14)27-8-20(3)22(13)5-10(15(9)24)17(25)26/h4-5,12,23H,6-8H2,1-3H3,(H,25,26). The number of benzene rings is 1. The lowest BCUT2D eigenvalue weighted by Gasteiger charge is -2.33. The van der Waals surface area contributed by atoms with Crippen molar-refractivity contribution in [2.75, 3.05) is 36.8 Å². The first-order chi connectivity index (χ1) is 12.6. The van der Waals surface area contributed by atoms with Gasteiger partial charge in [0, 0.05) is 31.7 Å². The summed E-state index contributed by atoms with van der Waals surface area (Å²) >= 11 is 0. The molecule has 0 radical (unpaired) electrons. The zero-order valence-corrected chi connectivity index (χ0v) is 15.2. The van der Waals surface area contributed by atoms with Crippen LogP contribution in [0.1, 0.15) is 24.2 Å². The number of ether oxygens (including phenoxy) is 1. The average molecular weight is 377 g/mol. The molecule has 2 aliphatic rings. The quantitative estimate of drug-likeness (QED) is 0.805. The van der Waals surface area contributed by atoms with Crippen molar-refractivity contribution in [2.24, 2.45) is 5.41 Å². The number of halogens is 1. The number of aliphatic hydroxyl groups is 1. The highest BCUT2D eigenvalue weighted by atomic mass is 19.1. The Morgan fingerprint density at radius 1 is 1.41 bits per heavy atom. The molecule has 1 unspecified atom stereocenters. The minimum Gasteiger partial charge on any atom is -0.477 e. The molecule has 0 spiro atoms. The Kier molecular flexibility index (Phi) is 3.64. The highest BCUT2D eigenvalue weighted by molar-refractivity contribution is 5.97. The van der Waals surface area contributed by atoms with Gasteiger partial charge in [-0.2, -0.15) is 0 Å². The average Bonchev–Trinajstić information content (AvgIpc) is 2.84. The van der Waals surface area contributed by atoms with Crippen molar-refractivity contribution in [1.82, 2.24) is 4.68 Å². The topological polar surface area (TPSA) is 95.2 Å². The van der Waals surface area contributed by atoms with Gasteiger partial charge in [-0.1, -0.05) is 13.8 Å². The van der Waals surface area contributed by atoms with E-state index in [2.05, 4.69) is 0 Å². The van der Waals surface area contributed by atoms with Crippen LogP contribution in [-0.4, -0.2) is 53.8 Å². The predicted octanol–water partition coefficient (Wildman–Crippen LogP) is 0.964. The lowest BCUT2D eigenvalue weighted by atomic mass is 9.90. The van der Waals surface area contributed by atoms with Gasteiger partial charge in [-0.3, -0.25) is 14.5 Å². The third-order valence-corrected chi connectivity index (χ3v) is 5.36. The van der Waals surface area contributed by atoms with Crippen LogP contribution in [0.15, 0.2) is 17.1 Å². The maximum atomic E-state index is 15.1. The van der Waals surface area contributed by atoms with E-state index in [1.807, 2.05) is 13.8 Å². The highest BCUT2D eigenvalue weighted by Gasteiger charge is 2.41. The van der Waals surface area contributed by atoms with E-state index in [4.69, 9.17) is 4.74 Å². The molecular weight excluding hydrogens is 357 g/mol. The van der Waals surface area contributed by atoms with Crippen LogP contribution in [0.5, 0.6) is 5.75 Å². The molecule has 2 aliphatic heterocycles. The fourth-order valence-corrected chi connectivity index (χ4v) is 3.76. The zero-order valence-electron chi connectivity index (χ0n) is 15.2. The Balaban J connectivity index is 2.03. The number of hydrogen-bond acceptors (Lipinski definition) is 6. The van der Waals surface area contributed by atoms with Gasteiger partial charge in [-0.25, -0.2) is 9.18 Å². The Morgan fingerprint density at radius 3 is 2.70 bits per heavy atom. The summed E-state index contributed by atoms with van der Waals surface area (Å²) < 4.78 is 22.3. The number of aromatic carboxylic acids is 1. The van der Waals surface area contributed by atoms with Crippen molar-refractivity contribution in [2.45, 2.75) is 20.0 Å². The highest BCUT2D eigenvalue weighted by Crippen LogP contribution is 2.43. The smallest absolute Gasteiger partial charge is 0.341 e. The minimum atomic E-state index is -1.37. The van der Waals surface area contributed by atoms with E-state index in [0.29, 0.717) is 12.1 Å². The minimum absolute atomic E-state index is 0.0558. The summed E-state index contributed by atoms with van der Waals surface area (Å²) in [5.41, 5.74) is -1.13. The number of carboxylic acids is 1. The van der Waals surface area contributed by atoms with Crippen LogP contribution in [0.2, 0.25) is 0 Å². The lowest BCUT2D eigenvalue weighted by molar-refractivity contribution is 0.0694. The van der Waals surface area contributed by atoms with Crippen molar-refractivity contribution in [3.8, 4) is 5.75 Å². The van der Waals surface area contributed by atoms with E-state index in [0.717, 1.165) is 6.07 Å². The number of carboxylic acid groups (broad SMARTS) is 1. The number of carbonyl (C=O) groups is 1. The first-order valence-corrected chi connectivity index (χ1v) is 8.54. The molecule has 0 amide bonds. The van der Waals surface area contributed by atoms with Crippen LogP contribution in [0, 0.1) is 11.2 Å². The molecule has 2 aromatic rings. The normalized spacial score (nSPS) is 20.9. The van der Waals surface area contributed by atoms with Crippen LogP contribution in [0.3, 0.4) is 0 Å². The summed E-state index contributed by atoms with van der Waals surface area (Å²) in [6.45, 7) is 4.50. The maximum Gasteiger partial charge on any atom is 0.341 e. The lowest BCUT2D eigenvalue weighted by Crippen LogP contribution is -2.40. The second-order valence-electron chi connectivity index (χ2n) is 7.77. The van der Waals surface area contributed by atoms with Gasteiger partial charge in [0.2, 0.25) is 5.43 Å². The number of hydrogen-bond donors (Lipinski definition) is 2. The summed E-state index contributed by atoms with van der Waals surface area (Å²) in [5, 5.41) is 21.1. The summed E-state index contributed by atoms with van der Waals surface area (Å²) in [6.07, 6.45) is 0.589. The molecule has 0 aliphatic carbocycles. The molecule has 144 valence electrons. The van der Waals surface area contributed by atoms with Gasteiger partial charge >= 0.3 is 5.97 Å². The monoisotopic (exact) mass is 377 g/mol. The first-order valence-electron chi connectivity index (χ1n) is 8.54. The number of β-amino-alcohol motifs (C(OH)–C–C–N with tert-alkyl or cyclic N) is 1. The molecule has 2 N–H and O–H groups in total. The number of aliphatic hydroxyl groups excluding tert-OH is 1. The molecule has 4 rings (SSSR count). The summed E-state index contributed by atoms with van der Waals surface area (Å²) in [4.78, 5) is 25.7. The van der Waals surface area contributed by atoms with Gasteiger partial charge in [-0.05, 0) is 6.07 Å². The molecule has 0 saturated carbocycles. The predicted molar refractivity (Wildman–Crippen MR) is 96.8 cm³/mol. The van der Waals surface area contributed by atoms with E-state index in [-0.39, 0.29) is 30.1 Å². The van der Waals surface area contributed by atoms with E-state index >= 15 is 4.39 Å². The molecule has 1 atom stereocenters. The van der Waals surface area contributed by atoms with Gasteiger partial charge in [0.1, 0.15) is 16.8 Å². The SMILES string of the molecule is CN1COc2c(N3CC(O)C(C)(C)C3)c(F)cc3c(=O)c(C(=O)O)cn1c23. The summed E-state index contributed by atoms with van der Waals surface area (Å²) in [6, 6.07) is 1.06. The molecule has 1 fully saturated rings. The van der Waals surface area contributed by atoms with Crippen molar-refractivity contribution in [3.63, 3.8) is 0 Å². The third-order valence-electron chi connectivity index (χ3n) is 5.36. The van der Waals surface area contributed by atoms with E-state index in [1.165, 1.54) is 10.9 Å². The van der Waals surface area contributed by atoms with E-state index < -0.39 is 34.3 Å². The van der Waals surface area contributed by atoms with Gasteiger partial charge < -0.3 is 19.8 Å². The molecule has 1 aromatic heterocycles. The fraction of sp³-hybridized carbons (Fsp3) is 0.444. The van der Waals surface area contributed by atoms with Crippen LogP contribution in [-0.2, 0) is 0 Å². The number of anilines is 1. The van der Waals surface area contributed by atoms with Crippen molar-refractivity contribution < 1.29 is 24.1 Å². The fourth-order valence-electron chi connectivity index (χ4n) is 3.76. The molecule has 9 heteroatoms. The number of rotatable bonds is 2. The Hall–Kier alpha value is -2.81. The Bertz CT molecular complexity index is 1030. The second kappa shape index (κ2) is 5.59. The van der Waals surface area contributed by atoms with Crippen molar-refractivity contribution >= 4 is 22.6 Å². The maximum absolute atomic E-state index is 15.1. The Labute approximate surface area is 153 Å². The van der Waals surface area contributed by atoms with Crippen molar-refractivity contribution in [3.05, 3.63) is 33.9 Å². The van der Waals surface area contributed by atoms with E-state index in [1.54, 1.807) is 17.0 Å². The largest absolute Gasteiger partial charge is 0.477 e. The van der Waals surface area contributed by atoms with Crippen LogP contribution in [0.25, 0.3) is 10.9 Å². The van der Waals surface area contributed by atoms with Gasteiger partial charge in [0.15, 0.2) is 18.3 Å². The van der Waals surface area contributed by atoms with Gasteiger partial charge in [0.25, 0.3) is 0 Å². The summed E-state index contributed by atoms with van der Waals surface area (Å²) in [7, 11) is 1.67. The molecule has 8 nitrogen and oxygen atoms in total. The summed E-state index contributed by atoms with van der Waals surface area (Å²) in [5.74, 6) is -1.87. The van der Waals surface area contributed by atoms with Gasteiger partial charge in [0.05, 0.1) is 11.5 Å². The second-order valence-corrected chi connectivity index (χ2v) is 7.77. The molecular formula is C18H20FN3O5. The molecule has 3 heterocycles. The molecule has 1 aromatic carbocycles. The van der Waals surface area contributed by atoms with E-state index in [9.17, 15) is 19.8 Å². The third kappa shape index (κ3) is 2.45. The Morgan fingerprint density at radius 2 is 2.11 bits per heavy atom. The van der Waals surface area contributed by atoms with Crippen LogP contribution >= 0.6 is 0 Å². The van der Waals surface area contributed by atoms with Crippen LogP contribution < -0.4 is 20.1 Å². The van der Waals surface area contributed by atoms with Crippen molar-refractivity contribution in [1.29, 1.82) is 0 Å². The molecule has 1 saturated heterocycles. The molecule has 0 bridgehead atoms. The number of nitrogens with zero attached hydrogens (tertiary/aromatic N) is 3. The molecule has 27 heavy (non-hydrogen) atoms. The first kappa shape index (κ1) is 17.6.